The predicted octanol–water partition coefficient (Wildman–Crippen LogP) is 4.81. The zero-order valence-corrected chi connectivity index (χ0v) is 11.2. The number of rotatable bonds is 3. The van der Waals surface area contributed by atoms with Crippen LogP contribution in [0.2, 0.25) is 10.0 Å². The third kappa shape index (κ3) is 3.37. The lowest BCUT2D eigenvalue weighted by molar-refractivity contribution is 0.607. The highest BCUT2D eigenvalue weighted by Crippen LogP contribution is 2.25. The van der Waals surface area contributed by atoms with Crippen LogP contribution in [-0.2, 0) is 0 Å². The van der Waals surface area contributed by atoms with Crippen LogP contribution in [0.25, 0.3) is 0 Å². The maximum absolute atomic E-state index is 13.7. The standard InChI is InChI=1S/C14H9Cl2FN2/c15-9-1-4-11(5-2-9)19-14(8-18)12-7-10(16)3-6-13(12)17/h1-7,14,19H. The van der Waals surface area contributed by atoms with Gasteiger partial charge < -0.3 is 5.32 Å². The van der Waals surface area contributed by atoms with Crippen molar-refractivity contribution in [3.8, 4) is 6.07 Å². The Balaban J connectivity index is 2.28. The van der Waals surface area contributed by atoms with Crippen LogP contribution in [0, 0.1) is 17.1 Å². The van der Waals surface area contributed by atoms with E-state index in [4.69, 9.17) is 28.5 Å². The summed E-state index contributed by atoms with van der Waals surface area (Å²) in [6, 6.07) is 12.1. The van der Waals surface area contributed by atoms with Gasteiger partial charge in [-0.1, -0.05) is 23.2 Å². The number of halogens is 3. The van der Waals surface area contributed by atoms with Gasteiger partial charge in [0.05, 0.1) is 6.07 Å². The van der Waals surface area contributed by atoms with E-state index in [0.717, 1.165) is 0 Å². The van der Waals surface area contributed by atoms with Gasteiger partial charge in [-0.15, -0.1) is 0 Å². The molecule has 0 aliphatic heterocycles. The van der Waals surface area contributed by atoms with Crippen molar-refractivity contribution in [3.63, 3.8) is 0 Å². The van der Waals surface area contributed by atoms with Gasteiger partial charge in [-0.2, -0.15) is 5.26 Å². The molecule has 0 saturated carbocycles. The Labute approximate surface area is 120 Å². The van der Waals surface area contributed by atoms with Gasteiger partial charge in [-0.3, -0.25) is 0 Å². The van der Waals surface area contributed by atoms with Gasteiger partial charge in [-0.25, -0.2) is 4.39 Å². The van der Waals surface area contributed by atoms with E-state index in [1.165, 1.54) is 18.2 Å². The van der Waals surface area contributed by atoms with Crippen LogP contribution in [0.15, 0.2) is 42.5 Å². The molecule has 0 saturated heterocycles. The smallest absolute Gasteiger partial charge is 0.143 e. The number of nitrogens with one attached hydrogen (secondary N) is 1. The summed E-state index contributed by atoms with van der Waals surface area (Å²) in [5.41, 5.74) is 0.889. The van der Waals surface area contributed by atoms with Crippen LogP contribution >= 0.6 is 23.2 Å². The van der Waals surface area contributed by atoms with Crippen LogP contribution < -0.4 is 5.32 Å². The third-order valence-electron chi connectivity index (χ3n) is 2.55. The number of nitrogens with zero attached hydrogens (tertiary/aromatic N) is 1. The zero-order valence-electron chi connectivity index (χ0n) is 9.70. The van der Waals surface area contributed by atoms with E-state index >= 15 is 0 Å². The first-order valence-corrected chi connectivity index (χ1v) is 6.22. The van der Waals surface area contributed by atoms with Gasteiger partial charge >= 0.3 is 0 Å². The van der Waals surface area contributed by atoms with E-state index in [0.29, 0.717) is 15.7 Å². The SMILES string of the molecule is N#CC(Nc1ccc(Cl)cc1)c1cc(Cl)ccc1F. The molecule has 0 aliphatic rings. The molecule has 0 fully saturated rings. The fourth-order valence-electron chi connectivity index (χ4n) is 1.63. The molecule has 5 heteroatoms. The first-order valence-electron chi connectivity index (χ1n) is 5.47. The molecule has 0 aliphatic carbocycles. The van der Waals surface area contributed by atoms with Gasteiger partial charge in [0.15, 0.2) is 0 Å². The van der Waals surface area contributed by atoms with Crippen molar-refractivity contribution in [2.45, 2.75) is 6.04 Å². The van der Waals surface area contributed by atoms with Crippen molar-refractivity contribution in [1.29, 1.82) is 5.26 Å². The maximum Gasteiger partial charge on any atom is 0.143 e. The van der Waals surface area contributed by atoms with Crippen LogP contribution in [0.3, 0.4) is 0 Å². The largest absolute Gasteiger partial charge is 0.366 e. The Morgan fingerprint density at radius 2 is 1.68 bits per heavy atom. The molecule has 2 rings (SSSR count). The molecule has 1 unspecified atom stereocenters. The molecule has 19 heavy (non-hydrogen) atoms. The second-order valence-corrected chi connectivity index (χ2v) is 4.75. The second kappa shape index (κ2) is 5.92. The Hall–Kier alpha value is -1.76. The molecule has 0 bridgehead atoms. The summed E-state index contributed by atoms with van der Waals surface area (Å²) >= 11 is 11.6. The van der Waals surface area contributed by atoms with Gasteiger partial charge in [-0.05, 0) is 42.5 Å². The van der Waals surface area contributed by atoms with Crippen molar-refractivity contribution in [1.82, 2.24) is 0 Å². The van der Waals surface area contributed by atoms with Crippen LogP contribution in [-0.4, -0.2) is 0 Å². The summed E-state index contributed by atoms with van der Waals surface area (Å²) in [4.78, 5) is 0. The summed E-state index contributed by atoms with van der Waals surface area (Å²) in [6.45, 7) is 0. The molecule has 0 aromatic heterocycles. The molecule has 0 radical (unpaired) electrons. The minimum absolute atomic E-state index is 0.213. The van der Waals surface area contributed by atoms with Crippen LogP contribution in [0.5, 0.6) is 0 Å². The predicted molar refractivity (Wildman–Crippen MR) is 74.8 cm³/mol. The van der Waals surface area contributed by atoms with Crippen LogP contribution in [0.4, 0.5) is 10.1 Å². The highest BCUT2D eigenvalue weighted by Gasteiger charge is 2.15. The number of hydrogen-bond donors (Lipinski definition) is 1. The molecule has 96 valence electrons. The van der Waals surface area contributed by atoms with Crippen molar-refractivity contribution in [2.75, 3.05) is 5.32 Å². The monoisotopic (exact) mass is 294 g/mol. The number of nitriles is 1. The topological polar surface area (TPSA) is 35.8 Å². The summed E-state index contributed by atoms with van der Waals surface area (Å²) in [6.07, 6.45) is 0. The molecule has 0 amide bonds. The molecule has 1 atom stereocenters. The first kappa shape index (κ1) is 13.7. The normalized spacial score (nSPS) is 11.7. The zero-order chi connectivity index (χ0) is 13.8. The lowest BCUT2D eigenvalue weighted by atomic mass is 10.1. The minimum Gasteiger partial charge on any atom is -0.366 e. The van der Waals surface area contributed by atoms with Gasteiger partial charge in [0, 0.05) is 21.3 Å². The van der Waals surface area contributed by atoms with E-state index in [1.54, 1.807) is 24.3 Å². The van der Waals surface area contributed by atoms with Crippen molar-refractivity contribution < 1.29 is 4.39 Å². The first-order chi connectivity index (χ1) is 9.10. The second-order valence-electron chi connectivity index (χ2n) is 3.88. The Morgan fingerprint density at radius 1 is 1.05 bits per heavy atom. The number of anilines is 1. The van der Waals surface area contributed by atoms with E-state index in [1.807, 2.05) is 6.07 Å². The molecule has 2 nitrogen and oxygen atoms in total. The van der Waals surface area contributed by atoms with E-state index in [2.05, 4.69) is 5.32 Å². The fraction of sp³-hybridized carbons (Fsp3) is 0.0714. The number of hydrogen-bond acceptors (Lipinski definition) is 2. The minimum atomic E-state index is -0.820. The molecule has 2 aromatic carbocycles. The summed E-state index contributed by atoms with van der Waals surface area (Å²) in [5, 5.41) is 13.1. The average molecular weight is 295 g/mol. The highest BCUT2D eigenvalue weighted by atomic mass is 35.5. The average Bonchev–Trinajstić information content (AvgIpc) is 2.41. The third-order valence-corrected chi connectivity index (χ3v) is 3.04. The Morgan fingerprint density at radius 3 is 2.32 bits per heavy atom. The van der Waals surface area contributed by atoms with E-state index in [9.17, 15) is 4.39 Å². The van der Waals surface area contributed by atoms with Gasteiger partial charge in [0.2, 0.25) is 0 Å². The Bertz CT molecular complexity index is 620. The van der Waals surface area contributed by atoms with Crippen molar-refractivity contribution in [3.05, 3.63) is 63.9 Å². The van der Waals surface area contributed by atoms with Crippen LogP contribution in [0.1, 0.15) is 11.6 Å². The maximum atomic E-state index is 13.7. The summed E-state index contributed by atoms with van der Waals surface area (Å²) < 4.78 is 13.7. The molecular weight excluding hydrogens is 286 g/mol. The highest BCUT2D eigenvalue weighted by molar-refractivity contribution is 6.30. The van der Waals surface area contributed by atoms with E-state index < -0.39 is 11.9 Å². The van der Waals surface area contributed by atoms with Crippen molar-refractivity contribution in [2.24, 2.45) is 0 Å². The molecule has 2 aromatic rings. The Kier molecular flexibility index (Phi) is 4.26. The van der Waals surface area contributed by atoms with Crippen molar-refractivity contribution >= 4 is 28.9 Å². The van der Waals surface area contributed by atoms with Gasteiger partial charge in [0.1, 0.15) is 11.9 Å². The molecule has 0 spiro atoms. The summed E-state index contributed by atoms with van der Waals surface area (Å²) in [5.74, 6) is -0.475. The fourth-order valence-corrected chi connectivity index (χ4v) is 1.93. The molecule has 0 heterocycles. The van der Waals surface area contributed by atoms with E-state index in [-0.39, 0.29) is 5.56 Å². The lowest BCUT2D eigenvalue weighted by Crippen LogP contribution is -2.10. The number of benzene rings is 2. The lowest BCUT2D eigenvalue weighted by Gasteiger charge is -2.14. The van der Waals surface area contributed by atoms with Gasteiger partial charge in [0.25, 0.3) is 0 Å². The summed E-state index contributed by atoms with van der Waals surface area (Å²) in [7, 11) is 0. The molecular formula is C14H9Cl2FN2. The molecule has 1 N–H and O–H groups in total. The quantitative estimate of drug-likeness (QED) is 0.882.